The molecule has 8 nitrogen and oxygen atoms in total. The highest BCUT2D eigenvalue weighted by atomic mass is 32.2. The van der Waals surface area contributed by atoms with E-state index in [1.165, 1.54) is 34.9 Å². The molecule has 0 N–H and O–H groups in total. The molecular weight excluding hydrogens is 450 g/mol. The maximum absolute atomic E-state index is 13.2. The SMILES string of the molecule is COc1ccc(S(=O)(=O)N2CCCC2C(=O)N=c2sc3c(C)ccc(OC)c3n2C)cc1. The van der Waals surface area contributed by atoms with Crippen molar-refractivity contribution in [1.29, 1.82) is 0 Å². The lowest BCUT2D eigenvalue weighted by Gasteiger charge is -2.21. The van der Waals surface area contributed by atoms with Gasteiger partial charge < -0.3 is 14.0 Å². The second-order valence-electron chi connectivity index (χ2n) is 7.61. The Balaban J connectivity index is 1.71. The quantitative estimate of drug-likeness (QED) is 0.566. The van der Waals surface area contributed by atoms with Crippen molar-refractivity contribution in [2.24, 2.45) is 12.0 Å². The summed E-state index contributed by atoms with van der Waals surface area (Å²) in [7, 11) is 1.12. The minimum Gasteiger partial charge on any atom is -0.497 e. The Morgan fingerprint density at radius 3 is 2.50 bits per heavy atom. The number of sulfonamides is 1. The lowest BCUT2D eigenvalue weighted by molar-refractivity contribution is -0.121. The normalized spacial score (nSPS) is 17.8. The van der Waals surface area contributed by atoms with Gasteiger partial charge in [-0.25, -0.2) is 8.42 Å². The summed E-state index contributed by atoms with van der Waals surface area (Å²) in [6.45, 7) is 2.27. The first-order chi connectivity index (χ1) is 15.3. The number of carbonyl (C=O) groups is 1. The summed E-state index contributed by atoms with van der Waals surface area (Å²) in [4.78, 5) is 18.1. The fourth-order valence-corrected chi connectivity index (χ4v) is 6.71. The van der Waals surface area contributed by atoms with Crippen LogP contribution in [0.2, 0.25) is 0 Å². The van der Waals surface area contributed by atoms with Gasteiger partial charge in [0.2, 0.25) is 10.0 Å². The highest BCUT2D eigenvalue weighted by Gasteiger charge is 2.39. The van der Waals surface area contributed by atoms with Gasteiger partial charge in [0.05, 0.1) is 23.8 Å². The molecule has 1 unspecified atom stereocenters. The van der Waals surface area contributed by atoms with E-state index in [9.17, 15) is 13.2 Å². The second kappa shape index (κ2) is 8.68. The van der Waals surface area contributed by atoms with Crippen molar-refractivity contribution >= 4 is 37.5 Å². The third-order valence-electron chi connectivity index (χ3n) is 5.69. The summed E-state index contributed by atoms with van der Waals surface area (Å²) >= 11 is 1.39. The molecule has 1 aliphatic rings. The molecule has 1 fully saturated rings. The van der Waals surface area contributed by atoms with E-state index < -0.39 is 22.0 Å². The third kappa shape index (κ3) is 3.82. The number of ether oxygens (including phenoxy) is 2. The number of hydrogen-bond acceptors (Lipinski definition) is 6. The minimum absolute atomic E-state index is 0.130. The zero-order valence-electron chi connectivity index (χ0n) is 18.4. The zero-order chi connectivity index (χ0) is 23.0. The van der Waals surface area contributed by atoms with Crippen molar-refractivity contribution in [3.63, 3.8) is 0 Å². The first-order valence-electron chi connectivity index (χ1n) is 10.2. The Hall–Kier alpha value is -2.69. The molecule has 2 aromatic carbocycles. The van der Waals surface area contributed by atoms with Crippen molar-refractivity contribution in [2.45, 2.75) is 30.7 Å². The monoisotopic (exact) mass is 475 g/mol. The van der Waals surface area contributed by atoms with Gasteiger partial charge >= 0.3 is 0 Å². The second-order valence-corrected chi connectivity index (χ2v) is 10.5. The van der Waals surface area contributed by atoms with Gasteiger partial charge in [-0.05, 0) is 55.7 Å². The van der Waals surface area contributed by atoms with Crippen LogP contribution in [0.4, 0.5) is 0 Å². The van der Waals surface area contributed by atoms with Crippen molar-refractivity contribution in [1.82, 2.24) is 8.87 Å². The fraction of sp³-hybridized carbons (Fsp3) is 0.364. The topological polar surface area (TPSA) is 90.2 Å². The molecule has 2 heterocycles. The number of nitrogens with zero attached hydrogens (tertiary/aromatic N) is 3. The summed E-state index contributed by atoms with van der Waals surface area (Å²) in [5, 5.41) is 0. The van der Waals surface area contributed by atoms with E-state index in [1.807, 2.05) is 30.7 Å². The average molecular weight is 476 g/mol. The maximum Gasteiger partial charge on any atom is 0.266 e. The molecular formula is C22H25N3O5S2. The van der Waals surface area contributed by atoms with Crippen LogP contribution in [0.3, 0.4) is 0 Å². The Labute approximate surface area is 190 Å². The van der Waals surface area contributed by atoms with E-state index in [-0.39, 0.29) is 11.4 Å². The predicted octanol–water partition coefficient (Wildman–Crippen LogP) is 2.85. The average Bonchev–Trinajstić information content (AvgIpc) is 3.41. The van der Waals surface area contributed by atoms with E-state index in [0.717, 1.165) is 15.8 Å². The Morgan fingerprint density at radius 2 is 1.84 bits per heavy atom. The van der Waals surface area contributed by atoms with Crippen LogP contribution >= 0.6 is 11.3 Å². The smallest absolute Gasteiger partial charge is 0.266 e. The standard InChI is InChI=1S/C22H25N3O5S2/c1-14-7-12-18(30-4)19-20(14)31-22(24(19)2)23-21(26)17-6-5-13-25(17)32(27,28)16-10-8-15(29-3)9-11-16/h7-12,17H,5-6,13H2,1-4H3. The number of carbonyl (C=O) groups excluding carboxylic acids is 1. The first-order valence-corrected chi connectivity index (χ1v) is 12.4. The van der Waals surface area contributed by atoms with Gasteiger partial charge in [0.25, 0.3) is 5.91 Å². The number of hydrogen-bond donors (Lipinski definition) is 0. The van der Waals surface area contributed by atoms with E-state index in [4.69, 9.17) is 9.47 Å². The van der Waals surface area contributed by atoms with Gasteiger partial charge in [-0.2, -0.15) is 9.30 Å². The molecule has 0 radical (unpaired) electrons. The zero-order valence-corrected chi connectivity index (χ0v) is 20.0. The molecule has 4 rings (SSSR count). The van der Waals surface area contributed by atoms with E-state index in [1.54, 1.807) is 19.2 Å². The molecule has 1 saturated heterocycles. The van der Waals surface area contributed by atoms with Crippen LogP contribution in [0.5, 0.6) is 11.5 Å². The summed E-state index contributed by atoms with van der Waals surface area (Å²) in [6, 6.07) is 9.20. The molecule has 170 valence electrons. The van der Waals surface area contributed by atoms with Gasteiger partial charge in [-0.1, -0.05) is 17.4 Å². The van der Waals surface area contributed by atoms with Crippen LogP contribution in [0.15, 0.2) is 46.3 Å². The molecule has 10 heteroatoms. The molecule has 1 atom stereocenters. The van der Waals surface area contributed by atoms with E-state index >= 15 is 0 Å². The largest absolute Gasteiger partial charge is 0.497 e. The minimum atomic E-state index is -3.83. The lowest BCUT2D eigenvalue weighted by atomic mass is 10.2. The molecule has 0 aliphatic carbocycles. The molecule has 32 heavy (non-hydrogen) atoms. The van der Waals surface area contributed by atoms with Crippen LogP contribution < -0.4 is 14.3 Å². The number of aryl methyl sites for hydroxylation is 2. The van der Waals surface area contributed by atoms with Crippen molar-refractivity contribution in [3.05, 3.63) is 46.8 Å². The van der Waals surface area contributed by atoms with Crippen LogP contribution in [0.25, 0.3) is 10.2 Å². The highest BCUT2D eigenvalue weighted by Crippen LogP contribution is 2.30. The summed E-state index contributed by atoms with van der Waals surface area (Å²) in [6.07, 6.45) is 1.04. The number of amides is 1. The van der Waals surface area contributed by atoms with Crippen LogP contribution in [0.1, 0.15) is 18.4 Å². The maximum atomic E-state index is 13.2. The van der Waals surface area contributed by atoms with E-state index in [0.29, 0.717) is 29.1 Å². The summed E-state index contributed by atoms with van der Waals surface area (Å²) in [5.41, 5.74) is 1.91. The number of fused-ring (bicyclic) bond motifs is 1. The molecule has 3 aromatic rings. The van der Waals surface area contributed by atoms with Gasteiger partial charge in [0, 0.05) is 13.6 Å². The van der Waals surface area contributed by atoms with Crippen LogP contribution in [-0.4, -0.2) is 50.0 Å². The number of thiazole rings is 1. The van der Waals surface area contributed by atoms with Gasteiger partial charge in [-0.3, -0.25) is 4.79 Å². The first kappa shape index (κ1) is 22.5. The lowest BCUT2D eigenvalue weighted by Crippen LogP contribution is -2.40. The van der Waals surface area contributed by atoms with Crippen molar-refractivity contribution in [2.75, 3.05) is 20.8 Å². The number of rotatable bonds is 5. The highest BCUT2D eigenvalue weighted by molar-refractivity contribution is 7.89. The van der Waals surface area contributed by atoms with E-state index in [2.05, 4.69) is 4.99 Å². The predicted molar refractivity (Wildman–Crippen MR) is 123 cm³/mol. The molecule has 0 spiro atoms. The molecule has 1 aromatic heterocycles. The third-order valence-corrected chi connectivity index (χ3v) is 8.88. The van der Waals surface area contributed by atoms with Gasteiger partial charge in [0.15, 0.2) is 4.80 Å². The molecule has 0 bridgehead atoms. The van der Waals surface area contributed by atoms with Crippen LogP contribution in [-0.2, 0) is 21.9 Å². The number of methoxy groups -OCH3 is 2. The van der Waals surface area contributed by atoms with Crippen molar-refractivity contribution < 1.29 is 22.7 Å². The Bertz CT molecular complexity index is 1340. The number of benzene rings is 2. The summed E-state index contributed by atoms with van der Waals surface area (Å²) in [5.74, 6) is 0.803. The molecule has 1 aliphatic heterocycles. The fourth-order valence-electron chi connectivity index (χ4n) is 3.94. The number of aromatic nitrogens is 1. The van der Waals surface area contributed by atoms with Gasteiger partial charge in [0.1, 0.15) is 23.1 Å². The Kier molecular flexibility index (Phi) is 6.11. The molecule has 1 amide bonds. The van der Waals surface area contributed by atoms with Crippen molar-refractivity contribution in [3.8, 4) is 11.5 Å². The van der Waals surface area contributed by atoms with Gasteiger partial charge in [-0.15, -0.1) is 0 Å². The molecule has 0 saturated carbocycles. The van der Waals surface area contributed by atoms with Crippen LogP contribution in [0, 0.1) is 6.92 Å². The Morgan fingerprint density at radius 1 is 1.12 bits per heavy atom. The summed E-state index contributed by atoms with van der Waals surface area (Å²) < 4.78 is 41.1.